The summed E-state index contributed by atoms with van der Waals surface area (Å²) in [6.07, 6.45) is 0. The molecule has 0 bridgehead atoms. The second kappa shape index (κ2) is 6.01. The average molecular weight is 275 g/mol. The van der Waals surface area contributed by atoms with Crippen LogP contribution < -0.4 is 15.8 Å². The number of pyridine rings is 1. The maximum atomic E-state index is 13.6. The number of carbonyl (C=O) groups is 1. The summed E-state index contributed by atoms with van der Waals surface area (Å²) in [7, 11) is 0. The van der Waals surface area contributed by atoms with E-state index in [9.17, 15) is 9.18 Å². The SMILES string of the molecule is CCOc1ccc(NC(=O)c2cccc(N)n2)cc1F. The van der Waals surface area contributed by atoms with E-state index >= 15 is 0 Å². The maximum Gasteiger partial charge on any atom is 0.274 e. The Morgan fingerprint density at radius 1 is 1.40 bits per heavy atom. The molecule has 0 atom stereocenters. The van der Waals surface area contributed by atoms with Gasteiger partial charge in [0.2, 0.25) is 0 Å². The quantitative estimate of drug-likeness (QED) is 0.898. The van der Waals surface area contributed by atoms with Crippen LogP contribution in [0.15, 0.2) is 36.4 Å². The van der Waals surface area contributed by atoms with Gasteiger partial charge >= 0.3 is 0 Å². The number of benzene rings is 1. The van der Waals surface area contributed by atoms with Crippen LogP contribution in [-0.2, 0) is 0 Å². The third-order valence-electron chi connectivity index (χ3n) is 2.49. The molecule has 0 aliphatic carbocycles. The third-order valence-corrected chi connectivity index (χ3v) is 2.49. The van der Waals surface area contributed by atoms with Crippen molar-refractivity contribution in [3.63, 3.8) is 0 Å². The number of anilines is 2. The van der Waals surface area contributed by atoms with E-state index in [1.807, 2.05) is 0 Å². The predicted molar refractivity (Wildman–Crippen MR) is 74.2 cm³/mol. The lowest BCUT2D eigenvalue weighted by Gasteiger charge is -2.08. The summed E-state index contributed by atoms with van der Waals surface area (Å²) in [4.78, 5) is 15.8. The molecule has 20 heavy (non-hydrogen) atoms. The Kier molecular flexibility index (Phi) is 4.14. The van der Waals surface area contributed by atoms with E-state index in [2.05, 4.69) is 10.3 Å². The highest BCUT2D eigenvalue weighted by molar-refractivity contribution is 6.03. The van der Waals surface area contributed by atoms with Crippen LogP contribution >= 0.6 is 0 Å². The summed E-state index contributed by atoms with van der Waals surface area (Å²) < 4.78 is 18.7. The van der Waals surface area contributed by atoms with Gasteiger partial charge in [-0.05, 0) is 31.2 Å². The monoisotopic (exact) mass is 275 g/mol. The Bertz CT molecular complexity index is 632. The minimum atomic E-state index is -0.537. The fourth-order valence-corrected chi connectivity index (χ4v) is 1.62. The Labute approximate surface area is 115 Å². The number of ether oxygens (including phenoxy) is 1. The molecule has 1 aromatic heterocycles. The molecule has 0 radical (unpaired) electrons. The van der Waals surface area contributed by atoms with Crippen molar-refractivity contribution < 1.29 is 13.9 Å². The van der Waals surface area contributed by atoms with Gasteiger partial charge in [0.25, 0.3) is 5.91 Å². The van der Waals surface area contributed by atoms with Crippen LogP contribution in [0, 0.1) is 5.82 Å². The molecule has 0 saturated carbocycles. The summed E-state index contributed by atoms with van der Waals surface area (Å²) in [5.74, 6) is -0.603. The molecule has 0 unspecified atom stereocenters. The molecule has 0 spiro atoms. The minimum absolute atomic E-state index is 0.146. The van der Waals surface area contributed by atoms with Crippen LogP contribution in [0.25, 0.3) is 0 Å². The van der Waals surface area contributed by atoms with Crippen LogP contribution in [0.2, 0.25) is 0 Å². The minimum Gasteiger partial charge on any atom is -0.491 e. The Morgan fingerprint density at radius 2 is 2.20 bits per heavy atom. The molecule has 5 nitrogen and oxygen atoms in total. The van der Waals surface area contributed by atoms with Gasteiger partial charge in [0.05, 0.1) is 6.61 Å². The van der Waals surface area contributed by atoms with Crippen LogP contribution in [0.4, 0.5) is 15.9 Å². The fraction of sp³-hybridized carbons (Fsp3) is 0.143. The smallest absolute Gasteiger partial charge is 0.274 e. The molecule has 0 aliphatic rings. The highest BCUT2D eigenvalue weighted by Gasteiger charge is 2.10. The number of nitrogens with zero attached hydrogens (tertiary/aromatic N) is 1. The van der Waals surface area contributed by atoms with E-state index in [1.54, 1.807) is 25.1 Å². The molecule has 6 heteroatoms. The van der Waals surface area contributed by atoms with E-state index < -0.39 is 11.7 Å². The number of amides is 1. The molecule has 1 aromatic carbocycles. The van der Waals surface area contributed by atoms with Gasteiger partial charge in [-0.25, -0.2) is 9.37 Å². The van der Waals surface area contributed by atoms with Crippen molar-refractivity contribution in [1.82, 2.24) is 4.98 Å². The van der Waals surface area contributed by atoms with E-state index in [1.165, 1.54) is 18.2 Å². The molecule has 104 valence electrons. The lowest BCUT2D eigenvalue weighted by Crippen LogP contribution is -2.14. The van der Waals surface area contributed by atoms with Crippen molar-refractivity contribution in [1.29, 1.82) is 0 Å². The molecule has 0 saturated heterocycles. The molecule has 2 aromatic rings. The highest BCUT2D eigenvalue weighted by atomic mass is 19.1. The standard InChI is InChI=1S/C14H14FN3O2/c1-2-20-12-7-6-9(8-10(12)15)17-14(19)11-4-3-5-13(16)18-11/h3-8H,2H2,1H3,(H2,16,18)(H,17,19). The summed E-state index contributed by atoms with van der Waals surface area (Å²) in [6, 6.07) is 8.93. The molecule has 1 heterocycles. The van der Waals surface area contributed by atoms with E-state index in [0.717, 1.165) is 0 Å². The number of rotatable bonds is 4. The van der Waals surface area contributed by atoms with Crippen molar-refractivity contribution in [2.45, 2.75) is 6.92 Å². The van der Waals surface area contributed by atoms with Gasteiger partial charge in [-0.2, -0.15) is 0 Å². The topological polar surface area (TPSA) is 77.2 Å². The van der Waals surface area contributed by atoms with Gasteiger partial charge < -0.3 is 15.8 Å². The summed E-state index contributed by atoms with van der Waals surface area (Å²) >= 11 is 0. The van der Waals surface area contributed by atoms with Crippen LogP contribution in [0.5, 0.6) is 5.75 Å². The van der Waals surface area contributed by atoms with Gasteiger partial charge in [-0.15, -0.1) is 0 Å². The lowest BCUT2D eigenvalue weighted by molar-refractivity contribution is 0.102. The van der Waals surface area contributed by atoms with Crippen molar-refractivity contribution in [3.05, 3.63) is 47.9 Å². The lowest BCUT2D eigenvalue weighted by atomic mass is 10.2. The van der Waals surface area contributed by atoms with Crippen molar-refractivity contribution >= 4 is 17.4 Å². The molecule has 0 aliphatic heterocycles. The van der Waals surface area contributed by atoms with E-state index in [4.69, 9.17) is 10.5 Å². The van der Waals surface area contributed by atoms with Crippen LogP contribution in [0.3, 0.4) is 0 Å². The molecule has 2 rings (SSSR count). The molecule has 0 fully saturated rings. The van der Waals surface area contributed by atoms with Crippen molar-refractivity contribution in [2.24, 2.45) is 0 Å². The molecule has 3 N–H and O–H groups in total. The zero-order valence-corrected chi connectivity index (χ0v) is 10.9. The predicted octanol–water partition coefficient (Wildman–Crippen LogP) is 2.45. The Balaban J connectivity index is 2.14. The van der Waals surface area contributed by atoms with E-state index in [0.29, 0.717) is 12.3 Å². The van der Waals surface area contributed by atoms with Gasteiger partial charge in [0.15, 0.2) is 11.6 Å². The zero-order chi connectivity index (χ0) is 14.5. The summed E-state index contributed by atoms with van der Waals surface area (Å²) in [5, 5.41) is 2.54. The number of nitrogens with one attached hydrogen (secondary N) is 1. The normalized spacial score (nSPS) is 10.1. The second-order valence-electron chi connectivity index (χ2n) is 3.98. The number of hydrogen-bond donors (Lipinski definition) is 2. The largest absolute Gasteiger partial charge is 0.491 e. The first-order valence-corrected chi connectivity index (χ1v) is 6.06. The number of aromatic nitrogens is 1. The first-order chi connectivity index (χ1) is 9.60. The first kappa shape index (κ1) is 13.8. The van der Waals surface area contributed by atoms with Crippen LogP contribution in [0.1, 0.15) is 17.4 Å². The number of nitrogens with two attached hydrogens (primary N) is 1. The third kappa shape index (κ3) is 3.23. The van der Waals surface area contributed by atoms with Crippen molar-refractivity contribution in [2.75, 3.05) is 17.7 Å². The number of halogens is 1. The van der Waals surface area contributed by atoms with Gasteiger partial charge in [0.1, 0.15) is 11.5 Å². The first-order valence-electron chi connectivity index (χ1n) is 6.06. The van der Waals surface area contributed by atoms with Gasteiger partial charge in [-0.1, -0.05) is 6.07 Å². The molecular weight excluding hydrogens is 261 g/mol. The Hall–Kier alpha value is -2.63. The average Bonchev–Trinajstić information content (AvgIpc) is 2.42. The summed E-state index contributed by atoms with van der Waals surface area (Å²) in [6.45, 7) is 2.14. The zero-order valence-electron chi connectivity index (χ0n) is 10.9. The van der Waals surface area contributed by atoms with Gasteiger partial charge in [-0.3, -0.25) is 4.79 Å². The molecule has 1 amide bonds. The second-order valence-corrected chi connectivity index (χ2v) is 3.98. The van der Waals surface area contributed by atoms with Gasteiger partial charge in [0, 0.05) is 11.8 Å². The number of carbonyl (C=O) groups excluding carboxylic acids is 1. The van der Waals surface area contributed by atoms with Crippen molar-refractivity contribution in [3.8, 4) is 5.75 Å². The number of nitrogen functional groups attached to an aromatic ring is 1. The summed E-state index contributed by atoms with van der Waals surface area (Å²) in [5.41, 5.74) is 5.99. The fourth-order valence-electron chi connectivity index (χ4n) is 1.62. The van der Waals surface area contributed by atoms with E-state index in [-0.39, 0.29) is 17.3 Å². The number of hydrogen-bond acceptors (Lipinski definition) is 4. The Morgan fingerprint density at radius 3 is 2.85 bits per heavy atom. The maximum absolute atomic E-state index is 13.6. The molecular formula is C14H14FN3O2. The van der Waals surface area contributed by atoms with Crippen LogP contribution in [-0.4, -0.2) is 17.5 Å². The highest BCUT2D eigenvalue weighted by Crippen LogP contribution is 2.21.